The molecule has 2 aromatic rings. The van der Waals surface area contributed by atoms with Gasteiger partial charge in [0.1, 0.15) is 0 Å². The number of halogens is 1. The number of hydrogen-bond donors (Lipinski definition) is 1. The Balaban J connectivity index is 1.64. The molecule has 0 atom stereocenters. The van der Waals surface area contributed by atoms with Crippen LogP contribution in [-0.2, 0) is 4.79 Å². The molecule has 1 aliphatic heterocycles. The monoisotopic (exact) mass is 394 g/mol. The van der Waals surface area contributed by atoms with Gasteiger partial charge in [0.15, 0.2) is 0 Å². The lowest BCUT2D eigenvalue weighted by Gasteiger charge is -2.31. The highest BCUT2D eigenvalue weighted by atomic mass is 35.5. The normalized spacial score (nSPS) is 14.7. The fourth-order valence-electron chi connectivity index (χ4n) is 2.88. The first kappa shape index (κ1) is 19.0. The molecule has 0 spiro atoms. The van der Waals surface area contributed by atoms with Crippen LogP contribution in [0.3, 0.4) is 0 Å². The van der Waals surface area contributed by atoms with E-state index in [4.69, 9.17) is 16.0 Å². The molecule has 6 nitrogen and oxygen atoms in total. The molecule has 1 fully saturated rings. The molecule has 1 amide bonds. The smallest absolute Gasteiger partial charge is 0.277 e. The van der Waals surface area contributed by atoms with Crippen molar-refractivity contribution in [3.8, 4) is 0 Å². The van der Waals surface area contributed by atoms with Crippen LogP contribution < -0.4 is 10.2 Å². The number of aromatic nitrogens is 2. The SMILES string of the molecule is CC(C)c1nnc(SCC(=O)Nc2cccc(Cl)c2N2CCCCC2)o1. The molecule has 3 rings (SSSR count). The predicted molar refractivity (Wildman–Crippen MR) is 105 cm³/mol. The van der Waals surface area contributed by atoms with Crippen LogP contribution in [0.5, 0.6) is 0 Å². The molecular formula is C18H23ClN4O2S. The third-order valence-corrected chi connectivity index (χ3v) is 5.30. The number of thioether (sulfide) groups is 1. The highest BCUT2D eigenvalue weighted by Gasteiger charge is 2.19. The third kappa shape index (κ3) is 4.71. The average Bonchev–Trinajstić information content (AvgIpc) is 3.10. The Morgan fingerprint density at radius 1 is 1.31 bits per heavy atom. The summed E-state index contributed by atoms with van der Waals surface area (Å²) in [6.45, 7) is 5.88. The van der Waals surface area contributed by atoms with Gasteiger partial charge in [-0.25, -0.2) is 0 Å². The minimum absolute atomic E-state index is 0.125. The van der Waals surface area contributed by atoms with E-state index < -0.39 is 0 Å². The molecule has 1 aromatic heterocycles. The first-order chi connectivity index (χ1) is 12.5. The number of anilines is 2. The maximum absolute atomic E-state index is 12.4. The molecule has 26 heavy (non-hydrogen) atoms. The number of nitrogens with one attached hydrogen (secondary N) is 1. The van der Waals surface area contributed by atoms with E-state index in [1.807, 2.05) is 32.0 Å². The number of benzene rings is 1. The summed E-state index contributed by atoms with van der Waals surface area (Å²) < 4.78 is 5.52. The first-order valence-corrected chi connectivity index (χ1v) is 10.2. The second-order valence-electron chi connectivity index (χ2n) is 6.58. The van der Waals surface area contributed by atoms with Gasteiger partial charge in [-0.2, -0.15) is 0 Å². The first-order valence-electron chi connectivity index (χ1n) is 8.84. The Hall–Kier alpha value is -1.73. The zero-order valence-electron chi connectivity index (χ0n) is 15.0. The van der Waals surface area contributed by atoms with E-state index in [9.17, 15) is 4.79 Å². The van der Waals surface area contributed by atoms with E-state index in [-0.39, 0.29) is 17.6 Å². The summed E-state index contributed by atoms with van der Waals surface area (Å²) in [4.78, 5) is 14.6. The van der Waals surface area contributed by atoms with E-state index in [1.165, 1.54) is 18.2 Å². The number of hydrogen-bond acceptors (Lipinski definition) is 6. The maximum atomic E-state index is 12.4. The quantitative estimate of drug-likeness (QED) is 0.723. The molecule has 0 bridgehead atoms. The molecule has 1 aromatic carbocycles. The van der Waals surface area contributed by atoms with Crippen molar-refractivity contribution in [2.45, 2.75) is 44.3 Å². The van der Waals surface area contributed by atoms with E-state index in [0.29, 0.717) is 16.1 Å². The molecule has 2 heterocycles. The Morgan fingerprint density at radius 3 is 2.77 bits per heavy atom. The standard InChI is InChI=1S/C18H23ClN4O2S/c1-12(2)17-21-22-18(25-17)26-11-15(24)20-14-8-6-7-13(19)16(14)23-9-4-3-5-10-23/h6-8,12H,3-5,9-11H2,1-2H3,(H,20,24). The number of carbonyl (C=O) groups excluding carboxylic acids is 1. The summed E-state index contributed by atoms with van der Waals surface area (Å²) in [7, 11) is 0. The Morgan fingerprint density at radius 2 is 2.08 bits per heavy atom. The van der Waals surface area contributed by atoms with Crippen molar-refractivity contribution in [3.05, 3.63) is 29.1 Å². The van der Waals surface area contributed by atoms with Gasteiger partial charge in [0.2, 0.25) is 11.8 Å². The fourth-order valence-corrected chi connectivity index (χ4v) is 3.74. The Bertz CT molecular complexity index is 759. The Kier molecular flexibility index (Phi) is 6.43. The van der Waals surface area contributed by atoms with Crippen molar-refractivity contribution >= 4 is 40.6 Å². The average molecular weight is 395 g/mol. The van der Waals surface area contributed by atoms with Crippen LogP contribution in [0.25, 0.3) is 0 Å². The van der Waals surface area contributed by atoms with E-state index >= 15 is 0 Å². The fraction of sp³-hybridized carbons (Fsp3) is 0.500. The lowest BCUT2D eigenvalue weighted by molar-refractivity contribution is -0.113. The van der Waals surface area contributed by atoms with Crippen molar-refractivity contribution in [3.63, 3.8) is 0 Å². The van der Waals surface area contributed by atoms with Gasteiger partial charge >= 0.3 is 0 Å². The molecule has 1 aliphatic rings. The largest absolute Gasteiger partial charge is 0.416 e. The van der Waals surface area contributed by atoms with Crippen molar-refractivity contribution in [2.24, 2.45) is 0 Å². The van der Waals surface area contributed by atoms with Crippen LogP contribution in [0.4, 0.5) is 11.4 Å². The molecule has 1 saturated heterocycles. The van der Waals surface area contributed by atoms with Crippen molar-refractivity contribution < 1.29 is 9.21 Å². The molecule has 140 valence electrons. The van der Waals surface area contributed by atoms with Gasteiger partial charge in [0, 0.05) is 19.0 Å². The minimum Gasteiger partial charge on any atom is -0.416 e. The highest BCUT2D eigenvalue weighted by molar-refractivity contribution is 7.99. The van der Waals surface area contributed by atoms with Crippen LogP contribution in [0.2, 0.25) is 5.02 Å². The maximum Gasteiger partial charge on any atom is 0.277 e. The van der Waals surface area contributed by atoms with Crippen LogP contribution in [0.1, 0.15) is 44.9 Å². The van der Waals surface area contributed by atoms with Gasteiger partial charge in [-0.05, 0) is 31.4 Å². The summed E-state index contributed by atoms with van der Waals surface area (Å²) >= 11 is 7.65. The second kappa shape index (κ2) is 8.77. The van der Waals surface area contributed by atoms with E-state index in [1.54, 1.807) is 0 Å². The van der Waals surface area contributed by atoms with E-state index in [2.05, 4.69) is 20.4 Å². The molecule has 0 saturated carbocycles. The van der Waals surface area contributed by atoms with Gasteiger partial charge in [0.25, 0.3) is 5.22 Å². The predicted octanol–water partition coefficient (Wildman–Crippen LogP) is 4.57. The van der Waals surface area contributed by atoms with Gasteiger partial charge < -0.3 is 14.6 Å². The van der Waals surface area contributed by atoms with Crippen molar-refractivity contribution in [1.82, 2.24) is 10.2 Å². The van der Waals surface area contributed by atoms with Crippen molar-refractivity contribution in [1.29, 1.82) is 0 Å². The topological polar surface area (TPSA) is 71.3 Å². The molecule has 0 unspecified atom stereocenters. The Labute approximate surface area is 162 Å². The minimum atomic E-state index is -0.125. The van der Waals surface area contributed by atoms with Crippen LogP contribution in [0.15, 0.2) is 27.8 Å². The number of piperidine rings is 1. The molecular weight excluding hydrogens is 372 g/mol. The van der Waals surface area contributed by atoms with Gasteiger partial charge in [-0.15, -0.1) is 10.2 Å². The van der Waals surface area contributed by atoms with Gasteiger partial charge in [-0.1, -0.05) is 43.3 Å². The number of amides is 1. The number of nitrogens with zero attached hydrogens (tertiary/aromatic N) is 3. The summed E-state index contributed by atoms with van der Waals surface area (Å²) in [5, 5.41) is 12.0. The molecule has 0 radical (unpaired) electrons. The van der Waals surface area contributed by atoms with Crippen LogP contribution in [0, 0.1) is 0 Å². The van der Waals surface area contributed by atoms with Crippen molar-refractivity contribution in [2.75, 3.05) is 29.1 Å². The van der Waals surface area contributed by atoms with Gasteiger partial charge in [0.05, 0.1) is 22.2 Å². The summed E-state index contributed by atoms with van der Waals surface area (Å²) in [5.74, 6) is 0.824. The molecule has 1 N–H and O–H groups in total. The highest BCUT2D eigenvalue weighted by Crippen LogP contribution is 2.35. The van der Waals surface area contributed by atoms with E-state index in [0.717, 1.165) is 37.3 Å². The van der Waals surface area contributed by atoms with Gasteiger partial charge in [-0.3, -0.25) is 4.79 Å². The number of para-hydroxylation sites is 1. The lowest BCUT2D eigenvalue weighted by atomic mass is 10.1. The summed E-state index contributed by atoms with van der Waals surface area (Å²) in [6, 6.07) is 5.61. The van der Waals surface area contributed by atoms with Crippen LogP contribution in [-0.4, -0.2) is 34.9 Å². The van der Waals surface area contributed by atoms with Crippen LogP contribution >= 0.6 is 23.4 Å². The second-order valence-corrected chi connectivity index (χ2v) is 7.92. The lowest BCUT2D eigenvalue weighted by Crippen LogP contribution is -2.30. The molecule has 0 aliphatic carbocycles. The third-order valence-electron chi connectivity index (χ3n) is 4.18. The number of rotatable bonds is 6. The summed E-state index contributed by atoms with van der Waals surface area (Å²) in [6.07, 6.45) is 3.52. The zero-order chi connectivity index (χ0) is 18.5. The summed E-state index contributed by atoms with van der Waals surface area (Å²) in [5.41, 5.74) is 1.66. The molecule has 8 heteroatoms. The zero-order valence-corrected chi connectivity index (χ0v) is 16.6. The number of carbonyl (C=O) groups is 1.